The van der Waals surface area contributed by atoms with E-state index in [-0.39, 0.29) is 17.9 Å². The third-order valence-corrected chi connectivity index (χ3v) is 5.20. The number of aliphatic hydroxyl groups is 1. The van der Waals surface area contributed by atoms with Gasteiger partial charge in [0.25, 0.3) is 0 Å². The Morgan fingerprint density at radius 2 is 1.48 bits per heavy atom. The number of aliphatic hydroxyl groups excluding tert-OH is 1. The number of amides is 3. The number of nitrogens with two attached hydrogens (primary N) is 1. The molecule has 184 valence electrons. The highest BCUT2D eigenvalue weighted by atomic mass is 32.1. The predicted molar refractivity (Wildman–Crippen MR) is 124 cm³/mol. The van der Waals surface area contributed by atoms with Crippen molar-refractivity contribution in [2.75, 3.05) is 5.75 Å². The Hall–Kier alpha value is -2.83. The van der Waals surface area contributed by atoms with Crippen LogP contribution in [0.15, 0.2) is 24.3 Å². The zero-order valence-corrected chi connectivity index (χ0v) is 19.6. The number of thiol groups is 1. The van der Waals surface area contributed by atoms with Gasteiger partial charge in [-0.25, -0.2) is 4.79 Å². The first-order valence-corrected chi connectivity index (χ1v) is 11.0. The van der Waals surface area contributed by atoms with Gasteiger partial charge in [-0.2, -0.15) is 12.6 Å². The van der Waals surface area contributed by atoms with Crippen molar-refractivity contribution >= 4 is 36.3 Å². The van der Waals surface area contributed by atoms with Crippen LogP contribution in [0.3, 0.4) is 0 Å². The summed E-state index contributed by atoms with van der Waals surface area (Å²) in [5.41, 5.74) is 6.61. The lowest BCUT2D eigenvalue weighted by Gasteiger charge is -2.26. The zero-order valence-electron chi connectivity index (χ0n) is 18.7. The number of carbonyl (C=O) groups excluding carboxylic acids is 3. The van der Waals surface area contributed by atoms with Crippen LogP contribution in [0.4, 0.5) is 0 Å². The maximum atomic E-state index is 12.7. The largest absolute Gasteiger partial charge is 0.508 e. The van der Waals surface area contributed by atoms with E-state index >= 15 is 0 Å². The second-order valence-electron chi connectivity index (χ2n) is 8.02. The molecule has 0 heterocycles. The van der Waals surface area contributed by atoms with Gasteiger partial charge in [-0.3, -0.25) is 14.4 Å². The maximum absolute atomic E-state index is 12.7. The fourth-order valence-electron chi connectivity index (χ4n) is 2.87. The van der Waals surface area contributed by atoms with E-state index < -0.39 is 59.9 Å². The molecule has 0 saturated carbocycles. The summed E-state index contributed by atoms with van der Waals surface area (Å²) >= 11 is 4.06. The Bertz CT molecular complexity index is 832. The van der Waals surface area contributed by atoms with Crippen LogP contribution in [-0.4, -0.2) is 75.0 Å². The van der Waals surface area contributed by atoms with Gasteiger partial charge in [-0.1, -0.05) is 26.0 Å². The van der Waals surface area contributed by atoms with Crippen molar-refractivity contribution in [3.8, 4) is 5.75 Å². The molecule has 11 nitrogen and oxygen atoms in total. The standard InChI is InChI=1S/C21H32N4O7S/c1-10(2)16(21(31)32)24-20(30)17(11(3)26)25-19(29)15(9-33)23-18(28)14(22)8-12-4-6-13(27)7-5-12/h4-7,10-11,14-17,26-27,33H,8-9,22H2,1-3H3,(H,23,28)(H,24,30)(H,25,29)(H,31,32). The number of benzene rings is 1. The maximum Gasteiger partial charge on any atom is 0.326 e. The third kappa shape index (κ3) is 8.91. The summed E-state index contributed by atoms with van der Waals surface area (Å²) in [5.74, 6) is -4.06. The van der Waals surface area contributed by atoms with Crippen LogP contribution < -0.4 is 21.7 Å². The second-order valence-corrected chi connectivity index (χ2v) is 8.38. The quantitative estimate of drug-likeness (QED) is 0.169. The number of aromatic hydroxyl groups is 1. The number of hydrogen-bond donors (Lipinski definition) is 8. The molecule has 8 N–H and O–H groups in total. The molecule has 0 aliphatic carbocycles. The average Bonchev–Trinajstić information content (AvgIpc) is 2.74. The highest BCUT2D eigenvalue weighted by Gasteiger charge is 2.33. The Morgan fingerprint density at radius 1 is 0.939 bits per heavy atom. The number of nitrogens with one attached hydrogen (secondary N) is 3. The van der Waals surface area contributed by atoms with Gasteiger partial charge < -0.3 is 37.0 Å². The summed E-state index contributed by atoms with van der Waals surface area (Å²) in [6, 6.07) is 1.30. The van der Waals surface area contributed by atoms with Gasteiger partial charge in [-0.05, 0) is 37.0 Å². The molecule has 5 atom stereocenters. The minimum Gasteiger partial charge on any atom is -0.508 e. The van der Waals surface area contributed by atoms with Gasteiger partial charge >= 0.3 is 5.97 Å². The highest BCUT2D eigenvalue weighted by Crippen LogP contribution is 2.11. The van der Waals surface area contributed by atoms with E-state index in [0.717, 1.165) is 0 Å². The number of phenols is 1. The Labute approximate surface area is 197 Å². The van der Waals surface area contributed by atoms with Crippen molar-refractivity contribution in [1.82, 2.24) is 16.0 Å². The van der Waals surface area contributed by atoms with Crippen LogP contribution in [0.5, 0.6) is 5.75 Å². The first-order valence-electron chi connectivity index (χ1n) is 10.3. The molecule has 5 unspecified atom stereocenters. The molecule has 1 rings (SSSR count). The van der Waals surface area contributed by atoms with E-state index in [1.54, 1.807) is 26.0 Å². The molecule has 0 aliphatic rings. The smallest absolute Gasteiger partial charge is 0.326 e. The molecule has 0 radical (unpaired) electrons. The molecular weight excluding hydrogens is 452 g/mol. The van der Waals surface area contributed by atoms with Crippen molar-refractivity contribution in [3.05, 3.63) is 29.8 Å². The van der Waals surface area contributed by atoms with Gasteiger partial charge in [0.2, 0.25) is 17.7 Å². The molecule has 0 aliphatic heterocycles. The van der Waals surface area contributed by atoms with E-state index in [9.17, 15) is 34.5 Å². The van der Waals surface area contributed by atoms with Crippen molar-refractivity contribution in [3.63, 3.8) is 0 Å². The summed E-state index contributed by atoms with van der Waals surface area (Å²) in [4.78, 5) is 48.9. The Morgan fingerprint density at radius 3 is 1.94 bits per heavy atom. The number of carbonyl (C=O) groups is 4. The van der Waals surface area contributed by atoms with Crippen LogP contribution in [-0.2, 0) is 25.6 Å². The molecule has 1 aromatic carbocycles. The van der Waals surface area contributed by atoms with Crippen molar-refractivity contribution in [1.29, 1.82) is 0 Å². The molecule has 3 amide bonds. The summed E-state index contributed by atoms with van der Waals surface area (Å²) in [6.07, 6.45) is -1.19. The fourth-order valence-corrected chi connectivity index (χ4v) is 3.12. The van der Waals surface area contributed by atoms with Gasteiger partial charge in [0, 0.05) is 5.75 Å². The normalized spacial score (nSPS) is 15.6. The Balaban J connectivity index is 2.80. The molecule has 12 heteroatoms. The summed E-state index contributed by atoms with van der Waals surface area (Å²) in [6.45, 7) is 4.46. The third-order valence-electron chi connectivity index (χ3n) is 4.84. The number of carboxylic acid groups (broad SMARTS) is 1. The number of hydrogen-bond acceptors (Lipinski definition) is 8. The lowest BCUT2D eigenvalue weighted by molar-refractivity contribution is -0.144. The summed E-state index contributed by atoms with van der Waals surface area (Å²) in [7, 11) is 0. The summed E-state index contributed by atoms with van der Waals surface area (Å²) < 4.78 is 0. The van der Waals surface area contributed by atoms with Crippen molar-refractivity contribution in [2.45, 2.75) is 57.5 Å². The first kappa shape index (κ1) is 28.2. The van der Waals surface area contributed by atoms with Gasteiger partial charge in [0.15, 0.2) is 0 Å². The summed E-state index contributed by atoms with van der Waals surface area (Å²) in [5, 5.41) is 35.6. The van der Waals surface area contributed by atoms with Crippen LogP contribution >= 0.6 is 12.6 Å². The van der Waals surface area contributed by atoms with Crippen LogP contribution in [0.25, 0.3) is 0 Å². The molecule has 1 aromatic rings. The number of phenolic OH excluding ortho intramolecular Hbond substituents is 1. The van der Waals surface area contributed by atoms with E-state index in [2.05, 4.69) is 28.6 Å². The molecular formula is C21H32N4O7S. The first-order chi connectivity index (χ1) is 15.4. The molecule has 0 aromatic heterocycles. The molecule has 0 spiro atoms. The second kappa shape index (κ2) is 13.0. The predicted octanol–water partition coefficient (Wildman–Crippen LogP) is -1.23. The molecule has 33 heavy (non-hydrogen) atoms. The number of carboxylic acids is 1. The van der Waals surface area contributed by atoms with Gasteiger partial charge in [-0.15, -0.1) is 0 Å². The molecule has 0 saturated heterocycles. The van der Waals surface area contributed by atoms with E-state index in [0.29, 0.717) is 5.56 Å². The zero-order chi connectivity index (χ0) is 25.3. The van der Waals surface area contributed by atoms with Crippen LogP contribution in [0.1, 0.15) is 26.3 Å². The molecule has 0 fully saturated rings. The topological polar surface area (TPSA) is 191 Å². The van der Waals surface area contributed by atoms with E-state index in [4.69, 9.17) is 5.73 Å². The van der Waals surface area contributed by atoms with Gasteiger partial charge in [0.05, 0.1) is 12.1 Å². The van der Waals surface area contributed by atoms with Crippen molar-refractivity contribution in [2.24, 2.45) is 11.7 Å². The van der Waals surface area contributed by atoms with Crippen molar-refractivity contribution < 1.29 is 34.5 Å². The van der Waals surface area contributed by atoms with Crippen LogP contribution in [0, 0.1) is 5.92 Å². The minimum atomic E-state index is -1.46. The lowest BCUT2D eigenvalue weighted by Crippen LogP contribution is -2.60. The molecule has 0 bridgehead atoms. The van der Waals surface area contributed by atoms with E-state index in [1.165, 1.54) is 19.1 Å². The fraction of sp³-hybridized carbons (Fsp3) is 0.524. The lowest BCUT2D eigenvalue weighted by atomic mass is 10.0. The van der Waals surface area contributed by atoms with Crippen LogP contribution in [0.2, 0.25) is 0 Å². The monoisotopic (exact) mass is 484 g/mol. The number of rotatable bonds is 12. The Kier molecular flexibility index (Phi) is 11.1. The SMILES string of the molecule is CC(C)C(NC(=O)C(NC(=O)C(CS)NC(=O)C(N)Cc1ccc(O)cc1)C(C)O)C(=O)O. The van der Waals surface area contributed by atoms with Gasteiger partial charge in [0.1, 0.15) is 23.9 Å². The van der Waals surface area contributed by atoms with E-state index in [1.807, 2.05) is 0 Å². The number of aliphatic carboxylic acids is 1. The highest BCUT2D eigenvalue weighted by molar-refractivity contribution is 7.80. The average molecular weight is 485 g/mol. The minimum absolute atomic E-state index is 0.0726.